The predicted octanol–water partition coefficient (Wildman–Crippen LogP) is 0.487. The number of hydrogen-bond acceptors (Lipinski definition) is 4. The monoisotopic (exact) mass is 202 g/mol. The molecule has 0 amide bonds. The minimum absolute atomic E-state index is 0.0520. The molecule has 0 aromatic carbocycles. The molecule has 0 aliphatic carbocycles. The van der Waals surface area contributed by atoms with E-state index in [0.717, 1.165) is 5.57 Å². The van der Waals surface area contributed by atoms with Gasteiger partial charge < -0.3 is 14.9 Å². The van der Waals surface area contributed by atoms with Gasteiger partial charge in [0.15, 0.2) is 0 Å². The first-order valence-corrected chi connectivity index (χ1v) is 4.55. The summed E-state index contributed by atoms with van der Waals surface area (Å²) in [5.74, 6) is -0.777. The maximum absolute atomic E-state index is 11.3. The number of ether oxygens (including phenoxy) is 1. The lowest BCUT2D eigenvalue weighted by Crippen LogP contribution is -2.21. The van der Waals surface area contributed by atoms with Gasteiger partial charge in [-0.1, -0.05) is 5.57 Å². The van der Waals surface area contributed by atoms with Gasteiger partial charge in [-0.25, -0.2) is 4.79 Å². The van der Waals surface area contributed by atoms with Crippen LogP contribution in [0.1, 0.15) is 20.8 Å². The van der Waals surface area contributed by atoms with E-state index in [9.17, 15) is 4.79 Å². The number of allylic oxidation sites excluding steroid dienone is 1. The number of hydrogen-bond donors (Lipinski definition) is 2. The summed E-state index contributed by atoms with van der Waals surface area (Å²) in [5, 5.41) is 17.4. The van der Waals surface area contributed by atoms with E-state index in [1.807, 2.05) is 13.8 Å². The van der Waals surface area contributed by atoms with E-state index < -0.39 is 5.97 Å². The Morgan fingerprint density at radius 3 is 2.07 bits per heavy atom. The maximum atomic E-state index is 11.3. The summed E-state index contributed by atoms with van der Waals surface area (Å²) in [6.07, 6.45) is 0. The van der Waals surface area contributed by atoms with Crippen molar-refractivity contribution in [2.24, 2.45) is 5.92 Å². The average Bonchev–Trinajstić information content (AvgIpc) is 2.17. The van der Waals surface area contributed by atoms with Crippen molar-refractivity contribution < 1.29 is 19.7 Å². The predicted molar refractivity (Wildman–Crippen MR) is 52.7 cm³/mol. The third-order valence-corrected chi connectivity index (χ3v) is 2.02. The lowest BCUT2D eigenvalue weighted by molar-refractivity contribution is -0.141. The first-order valence-electron chi connectivity index (χ1n) is 4.55. The fourth-order valence-corrected chi connectivity index (χ4v) is 0.669. The van der Waals surface area contributed by atoms with Gasteiger partial charge in [-0.05, 0) is 20.8 Å². The molecule has 4 heteroatoms. The van der Waals surface area contributed by atoms with Gasteiger partial charge in [-0.2, -0.15) is 0 Å². The molecule has 0 spiro atoms. The van der Waals surface area contributed by atoms with Gasteiger partial charge in [0, 0.05) is 11.5 Å². The van der Waals surface area contributed by atoms with E-state index in [2.05, 4.69) is 0 Å². The topological polar surface area (TPSA) is 66.8 Å². The van der Waals surface area contributed by atoms with E-state index in [4.69, 9.17) is 14.9 Å². The number of esters is 1. The van der Waals surface area contributed by atoms with Crippen molar-refractivity contribution in [3.05, 3.63) is 11.1 Å². The molecule has 0 radical (unpaired) electrons. The molecule has 0 heterocycles. The maximum Gasteiger partial charge on any atom is 0.333 e. The summed E-state index contributed by atoms with van der Waals surface area (Å²) < 4.78 is 4.89. The minimum atomic E-state index is -0.392. The number of rotatable bonds is 5. The van der Waals surface area contributed by atoms with Gasteiger partial charge in [0.05, 0.1) is 19.8 Å². The van der Waals surface area contributed by atoms with Crippen molar-refractivity contribution in [2.45, 2.75) is 20.8 Å². The molecule has 0 rings (SSSR count). The SMILES string of the molecule is CC(C)=C(C)C(=O)OCC(CO)CO. The Bertz CT molecular complexity index is 212. The van der Waals surface area contributed by atoms with Gasteiger partial charge in [0.2, 0.25) is 0 Å². The van der Waals surface area contributed by atoms with Crippen molar-refractivity contribution >= 4 is 5.97 Å². The molecule has 0 aliphatic heterocycles. The second-order valence-electron chi connectivity index (χ2n) is 3.45. The zero-order chi connectivity index (χ0) is 11.1. The molecule has 0 aromatic heterocycles. The molecule has 0 aromatic rings. The summed E-state index contributed by atoms with van der Waals surface area (Å²) in [6, 6.07) is 0. The van der Waals surface area contributed by atoms with Gasteiger partial charge >= 0.3 is 5.97 Å². The van der Waals surface area contributed by atoms with Crippen LogP contribution in [0, 0.1) is 5.92 Å². The Labute approximate surface area is 84.2 Å². The van der Waals surface area contributed by atoms with Crippen LogP contribution in [0.5, 0.6) is 0 Å². The Hall–Kier alpha value is -0.870. The minimum Gasteiger partial charge on any atom is -0.462 e. The van der Waals surface area contributed by atoms with Crippen LogP contribution in [0.25, 0.3) is 0 Å². The van der Waals surface area contributed by atoms with E-state index in [-0.39, 0.29) is 25.7 Å². The van der Waals surface area contributed by atoms with Crippen LogP contribution in [0.4, 0.5) is 0 Å². The van der Waals surface area contributed by atoms with Crippen molar-refractivity contribution in [3.8, 4) is 0 Å². The second kappa shape index (κ2) is 6.56. The summed E-state index contributed by atoms with van der Waals surface area (Å²) in [7, 11) is 0. The lowest BCUT2D eigenvalue weighted by Gasteiger charge is -2.11. The Kier molecular flexibility index (Phi) is 6.16. The Morgan fingerprint density at radius 1 is 1.21 bits per heavy atom. The van der Waals surface area contributed by atoms with Crippen LogP contribution in [-0.4, -0.2) is 36.0 Å². The van der Waals surface area contributed by atoms with Crippen LogP contribution in [-0.2, 0) is 9.53 Å². The van der Waals surface area contributed by atoms with Gasteiger partial charge in [-0.15, -0.1) is 0 Å². The third kappa shape index (κ3) is 4.39. The molecule has 0 saturated heterocycles. The van der Waals surface area contributed by atoms with E-state index >= 15 is 0 Å². The first-order chi connectivity index (χ1) is 6.52. The highest BCUT2D eigenvalue weighted by molar-refractivity contribution is 5.88. The normalized spacial score (nSPS) is 10.1. The van der Waals surface area contributed by atoms with Gasteiger partial charge in [0.1, 0.15) is 0 Å². The second-order valence-corrected chi connectivity index (χ2v) is 3.45. The largest absolute Gasteiger partial charge is 0.462 e. The molecule has 0 atom stereocenters. The summed E-state index contributed by atoms with van der Waals surface area (Å²) in [6.45, 7) is 5.02. The van der Waals surface area contributed by atoms with Crippen molar-refractivity contribution in [3.63, 3.8) is 0 Å². The molecule has 82 valence electrons. The Balaban J connectivity index is 4.03. The molecule has 0 unspecified atom stereocenters. The van der Waals surface area contributed by atoms with E-state index in [0.29, 0.717) is 5.57 Å². The molecular weight excluding hydrogens is 184 g/mol. The highest BCUT2D eigenvalue weighted by atomic mass is 16.5. The fourth-order valence-electron chi connectivity index (χ4n) is 0.669. The lowest BCUT2D eigenvalue weighted by atomic mass is 10.2. The van der Waals surface area contributed by atoms with Gasteiger partial charge in [-0.3, -0.25) is 0 Å². The molecule has 0 bridgehead atoms. The van der Waals surface area contributed by atoms with Crippen molar-refractivity contribution in [1.82, 2.24) is 0 Å². The number of carbonyl (C=O) groups excluding carboxylic acids is 1. The first kappa shape index (κ1) is 13.1. The average molecular weight is 202 g/mol. The van der Waals surface area contributed by atoms with Crippen LogP contribution >= 0.6 is 0 Å². The number of aliphatic hydroxyl groups is 2. The quantitative estimate of drug-likeness (QED) is 0.503. The summed E-state index contributed by atoms with van der Waals surface area (Å²) in [4.78, 5) is 11.3. The highest BCUT2D eigenvalue weighted by Crippen LogP contribution is 2.05. The van der Waals surface area contributed by atoms with Crippen LogP contribution in [0.2, 0.25) is 0 Å². The smallest absolute Gasteiger partial charge is 0.333 e. The molecule has 4 nitrogen and oxygen atoms in total. The summed E-state index contributed by atoms with van der Waals surface area (Å²) in [5.41, 5.74) is 1.47. The number of aliphatic hydroxyl groups excluding tert-OH is 2. The van der Waals surface area contributed by atoms with Crippen LogP contribution in [0.15, 0.2) is 11.1 Å². The van der Waals surface area contributed by atoms with E-state index in [1.165, 1.54) is 0 Å². The molecule has 14 heavy (non-hydrogen) atoms. The fraction of sp³-hybridized carbons (Fsp3) is 0.700. The highest BCUT2D eigenvalue weighted by Gasteiger charge is 2.11. The molecule has 0 fully saturated rings. The van der Waals surface area contributed by atoms with Crippen molar-refractivity contribution in [2.75, 3.05) is 19.8 Å². The van der Waals surface area contributed by atoms with Crippen LogP contribution < -0.4 is 0 Å². The summed E-state index contributed by atoms with van der Waals surface area (Å²) >= 11 is 0. The zero-order valence-corrected chi connectivity index (χ0v) is 8.91. The number of carbonyl (C=O) groups is 1. The van der Waals surface area contributed by atoms with Crippen molar-refractivity contribution in [1.29, 1.82) is 0 Å². The third-order valence-electron chi connectivity index (χ3n) is 2.02. The Morgan fingerprint density at radius 2 is 1.71 bits per heavy atom. The van der Waals surface area contributed by atoms with Gasteiger partial charge in [0.25, 0.3) is 0 Å². The zero-order valence-electron chi connectivity index (χ0n) is 8.91. The van der Waals surface area contributed by atoms with E-state index in [1.54, 1.807) is 6.92 Å². The molecule has 0 saturated carbocycles. The van der Waals surface area contributed by atoms with Crippen LogP contribution in [0.3, 0.4) is 0 Å². The molecule has 0 aliphatic rings. The standard InChI is InChI=1S/C10H18O4/c1-7(2)8(3)10(13)14-6-9(4-11)5-12/h9,11-12H,4-6H2,1-3H3. The molecule has 2 N–H and O–H groups in total. The molecular formula is C10H18O4.